The van der Waals surface area contributed by atoms with Gasteiger partial charge in [-0.15, -0.1) is 0 Å². The Bertz CT molecular complexity index is 874. The lowest BCUT2D eigenvalue weighted by Gasteiger charge is -2.11. The fourth-order valence-corrected chi connectivity index (χ4v) is 2.26. The molecule has 0 aliphatic rings. The number of nitrogens with one attached hydrogen (secondary N) is 1. The van der Waals surface area contributed by atoms with E-state index in [0.29, 0.717) is 28.4 Å². The summed E-state index contributed by atoms with van der Waals surface area (Å²) in [7, 11) is 0. The fraction of sp³-hybridized carbons (Fsp3) is 0.211. The molecule has 1 unspecified atom stereocenters. The highest BCUT2D eigenvalue weighted by Crippen LogP contribution is 2.23. The standard InChI is InChI=1S/C19H18FN3O2/c1-3-12(2)21-18(24)13-7-9-14(10-8-13)19-22-17(23-25-19)15-5-4-6-16(20)11-15/h4-12H,3H2,1-2H3,(H,21,24). The van der Waals surface area contributed by atoms with Gasteiger partial charge in [0.05, 0.1) is 0 Å². The van der Waals surface area contributed by atoms with Gasteiger partial charge in [0, 0.05) is 22.7 Å². The van der Waals surface area contributed by atoms with Crippen molar-refractivity contribution in [3.8, 4) is 22.8 Å². The molecule has 3 aromatic rings. The fourth-order valence-electron chi connectivity index (χ4n) is 2.26. The van der Waals surface area contributed by atoms with Crippen LogP contribution in [-0.2, 0) is 0 Å². The third-order valence-electron chi connectivity index (χ3n) is 3.89. The Kier molecular flexibility index (Phi) is 4.88. The van der Waals surface area contributed by atoms with Gasteiger partial charge in [-0.1, -0.05) is 24.2 Å². The van der Waals surface area contributed by atoms with E-state index in [2.05, 4.69) is 15.5 Å². The predicted molar refractivity (Wildman–Crippen MR) is 92.3 cm³/mol. The van der Waals surface area contributed by atoms with Gasteiger partial charge in [0.2, 0.25) is 5.82 Å². The Morgan fingerprint density at radius 3 is 2.64 bits per heavy atom. The normalized spacial score (nSPS) is 12.0. The number of benzene rings is 2. The first-order chi connectivity index (χ1) is 12.1. The number of hydrogen-bond acceptors (Lipinski definition) is 4. The number of carbonyl (C=O) groups is 1. The third-order valence-corrected chi connectivity index (χ3v) is 3.89. The second kappa shape index (κ2) is 7.25. The number of carbonyl (C=O) groups excluding carboxylic acids is 1. The molecule has 0 saturated carbocycles. The summed E-state index contributed by atoms with van der Waals surface area (Å²) in [6.45, 7) is 3.97. The molecule has 0 aliphatic heterocycles. The molecule has 0 bridgehead atoms. The first-order valence-electron chi connectivity index (χ1n) is 8.07. The lowest BCUT2D eigenvalue weighted by Crippen LogP contribution is -2.31. The second-order valence-corrected chi connectivity index (χ2v) is 5.79. The van der Waals surface area contributed by atoms with Gasteiger partial charge < -0.3 is 9.84 Å². The van der Waals surface area contributed by atoms with Crippen LogP contribution in [0.15, 0.2) is 53.1 Å². The molecule has 0 fully saturated rings. The molecule has 3 rings (SSSR count). The van der Waals surface area contributed by atoms with Gasteiger partial charge in [0.1, 0.15) is 5.82 Å². The predicted octanol–water partition coefficient (Wildman–Crippen LogP) is 4.07. The minimum absolute atomic E-state index is 0.119. The van der Waals surface area contributed by atoms with E-state index in [1.54, 1.807) is 36.4 Å². The van der Waals surface area contributed by atoms with Crippen LogP contribution in [0.25, 0.3) is 22.8 Å². The topological polar surface area (TPSA) is 68.0 Å². The maximum Gasteiger partial charge on any atom is 0.258 e. The van der Waals surface area contributed by atoms with Crippen LogP contribution in [0, 0.1) is 5.82 Å². The first kappa shape index (κ1) is 16.8. The summed E-state index contributed by atoms with van der Waals surface area (Å²) >= 11 is 0. The summed E-state index contributed by atoms with van der Waals surface area (Å²) in [5.41, 5.74) is 1.80. The average Bonchev–Trinajstić information content (AvgIpc) is 3.12. The smallest absolute Gasteiger partial charge is 0.258 e. The van der Waals surface area contributed by atoms with Gasteiger partial charge in [0.25, 0.3) is 11.8 Å². The first-order valence-corrected chi connectivity index (χ1v) is 8.07. The summed E-state index contributed by atoms with van der Waals surface area (Å²) in [6.07, 6.45) is 0.870. The van der Waals surface area contributed by atoms with Crippen LogP contribution in [0.5, 0.6) is 0 Å². The molecule has 25 heavy (non-hydrogen) atoms. The molecule has 2 aromatic carbocycles. The molecular weight excluding hydrogens is 321 g/mol. The Labute approximate surface area is 144 Å². The number of nitrogens with zero attached hydrogens (tertiary/aromatic N) is 2. The zero-order valence-electron chi connectivity index (χ0n) is 14.0. The largest absolute Gasteiger partial charge is 0.350 e. The molecule has 0 spiro atoms. The highest BCUT2D eigenvalue weighted by Gasteiger charge is 2.13. The van der Waals surface area contributed by atoms with Crippen LogP contribution in [0.4, 0.5) is 4.39 Å². The van der Waals surface area contributed by atoms with Crippen molar-refractivity contribution in [1.29, 1.82) is 0 Å². The number of amides is 1. The Hall–Kier alpha value is -3.02. The van der Waals surface area contributed by atoms with E-state index >= 15 is 0 Å². The van der Waals surface area contributed by atoms with Gasteiger partial charge in [-0.3, -0.25) is 4.79 Å². The summed E-state index contributed by atoms with van der Waals surface area (Å²) in [6, 6.07) is 13.0. The van der Waals surface area contributed by atoms with Crippen LogP contribution in [0.2, 0.25) is 0 Å². The zero-order valence-corrected chi connectivity index (χ0v) is 14.0. The van der Waals surface area contributed by atoms with E-state index in [1.807, 2.05) is 13.8 Å². The zero-order chi connectivity index (χ0) is 17.8. The van der Waals surface area contributed by atoms with Crippen LogP contribution in [0.3, 0.4) is 0 Å². The van der Waals surface area contributed by atoms with E-state index in [1.165, 1.54) is 12.1 Å². The maximum atomic E-state index is 13.3. The number of hydrogen-bond donors (Lipinski definition) is 1. The number of halogens is 1. The van der Waals surface area contributed by atoms with Crippen LogP contribution in [-0.4, -0.2) is 22.1 Å². The Morgan fingerprint density at radius 1 is 1.20 bits per heavy atom. The number of aromatic nitrogens is 2. The molecule has 1 N–H and O–H groups in total. The van der Waals surface area contributed by atoms with E-state index < -0.39 is 0 Å². The summed E-state index contributed by atoms with van der Waals surface area (Å²) in [5.74, 6) is 0.147. The SMILES string of the molecule is CCC(C)NC(=O)c1ccc(-c2nc(-c3cccc(F)c3)no2)cc1. The molecule has 0 aliphatic carbocycles. The summed E-state index contributed by atoms with van der Waals surface area (Å²) < 4.78 is 18.5. The molecule has 1 heterocycles. The molecule has 1 atom stereocenters. The van der Waals surface area contributed by atoms with Crippen molar-refractivity contribution in [1.82, 2.24) is 15.5 Å². The Balaban J connectivity index is 1.78. The van der Waals surface area contributed by atoms with Crippen LogP contribution >= 0.6 is 0 Å². The van der Waals surface area contributed by atoms with E-state index in [4.69, 9.17) is 4.52 Å². The molecule has 5 nitrogen and oxygen atoms in total. The van der Waals surface area contributed by atoms with Gasteiger partial charge in [-0.05, 0) is 49.7 Å². The maximum absolute atomic E-state index is 13.3. The lowest BCUT2D eigenvalue weighted by molar-refractivity contribution is 0.0939. The second-order valence-electron chi connectivity index (χ2n) is 5.79. The van der Waals surface area contributed by atoms with Gasteiger partial charge in [-0.25, -0.2) is 4.39 Å². The van der Waals surface area contributed by atoms with Crippen LogP contribution in [0.1, 0.15) is 30.6 Å². The lowest BCUT2D eigenvalue weighted by atomic mass is 10.1. The minimum Gasteiger partial charge on any atom is -0.350 e. The van der Waals surface area contributed by atoms with Crippen molar-refractivity contribution in [2.75, 3.05) is 0 Å². The van der Waals surface area contributed by atoms with Crippen LogP contribution < -0.4 is 5.32 Å². The number of rotatable bonds is 5. The van der Waals surface area contributed by atoms with Crippen molar-refractivity contribution >= 4 is 5.91 Å². The monoisotopic (exact) mass is 339 g/mol. The van der Waals surface area contributed by atoms with Crippen molar-refractivity contribution in [2.24, 2.45) is 0 Å². The van der Waals surface area contributed by atoms with E-state index in [-0.39, 0.29) is 17.8 Å². The molecular formula is C19H18FN3O2. The van der Waals surface area contributed by atoms with Crippen molar-refractivity contribution in [2.45, 2.75) is 26.3 Å². The van der Waals surface area contributed by atoms with E-state index in [9.17, 15) is 9.18 Å². The molecule has 0 saturated heterocycles. The summed E-state index contributed by atoms with van der Waals surface area (Å²) in [4.78, 5) is 16.4. The summed E-state index contributed by atoms with van der Waals surface area (Å²) in [5, 5.41) is 6.79. The quantitative estimate of drug-likeness (QED) is 0.761. The molecule has 1 aromatic heterocycles. The van der Waals surface area contributed by atoms with Crippen molar-refractivity contribution < 1.29 is 13.7 Å². The van der Waals surface area contributed by atoms with Gasteiger partial charge >= 0.3 is 0 Å². The average molecular weight is 339 g/mol. The van der Waals surface area contributed by atoms with Gasteiger partial charge in [-0.2, -0.15) is 4.98 Å². The van der Waals surface area contributed by atoms with Crippen molar-refractivity contribution in [3.05, 3.63) is 59.9 Å². The molecule has 128 valence electrons. The highest BCUT2D eigenvalue weighted by atomic mass is 19.1. The third kappa shape index (κ3) is 3.91. The molecule has 0 radical (unpaired) electrons. The van der Waals surface area contributed by atoms with E-state index in [0.717, 1.165) is 6.42 Å². The highest BCUT2D eigenvalue weighted by molar-refractivity contribution is 5.94. The minimum atomic E-state index is -0.361. The van der Waals surface area contributed by atoms with Crippen molar-refractivity contribution in [3.63, 3.8) is 0 Å². The molecule has 1 amide bonds. The van der Waals surface area contributed by atoms with Gasteiger partial charge in [0.15, 0.2) is 0 Å². The molecule has 6 heteroatoms. The Morgan fingerprint density at radius 2 is 1.96 bits per heavy atom.